The molecule has 2 amide bonds. The average molecular weight is 425 g/mol. The average Bonchev–Trinajstić information content (AvgIpc) is 3.33. The van der Waals surface area contributed by atoms with Gasteiger partial charge in [0.1, 0.15) is 22.9 Å². The second-order valence-electron chi connectivity index (χ2n) is 8.65. The van der Waals surface area contributed by atoms with Crippen molar-refractivity contribution in [2.75, 3.05) is 19.6 Å². The fourth-order valence-electron chi connectivity index (χ4n) is 3.82. The molecule has 0 aromatic heterocycles. The van der Waals surface area contributed by atoms with Crippen LogP contribution in [0.5, 0.6) is 0 Å². The maximum absolute atomic E-state index is 13.6. The molecule has 0 aromatic carbocycles. The number of amides is 2. The lowest BCUT2D eigenvalue weighted by Gasteiger charge is -2.36. The van der Waals surface area contributed by atoms with Gasteiger partial charge in [-0.1, -0.05) is 6.92 Å². The SMILES string of the molecule is CCCN1CCC2(C=C(C(=O)N[C@@H](CC(C)(F)F)C(=O)NC3(C#N)CC3)NO2)CC1. The van der Waals surface area contributed by atoms with Crippen molar-refractivity contribution in [3.8, 4) is 6.07 Å². The molecule has 3 N–H and O–H groups in total. The predicted octanol–water partition coefficient (Wildman–Crippen LogP) is 1.35. The molecular weight excluding hydrogens is 396 g/mol. The maximum Gasteiger partial charge on any atom is 0.270 e. The van der Waals surface area contributed by atoms with E-state index in [9.17, 15) is 18.4 Å². The Hall–Kier alpha value is -2.25. The number of hydrogen-bond donors (Lipinski definition) is 3. The Bertz CT molecular complexity index is 747. The van der Waals surface area contributed by atoms with E-state index in [1.807, 2.05) is 6.07 Å². The first-order valence-electron chi connectivity index (χ1n) is 10.4. The van der Waals surface area contributed by atoms with Crippen molar-refractivity contribution in [1.29, 1.82) is 5.26 Å². The molecule has 1 spiro atoms. The molecule has 166 valence electrons. The summed E-state index contributed by atoms with van der Waals surface area (Å²) in [6.07, 6.45) is 4.23. The third-order valence-corrected chi connectivity index (χ3v) is 5.77. The molecule has 2 heterocycles. The molecule has 2 fully saturated rings. The third kappa shape index (κ3) is 5.46. The monoisotopic (exact) mass is 425 g/mol. The highest BCUT2D eigenvalue weighted by atomic mass is 19.3. The van der Waals surface area contributed by atoms with E-state index in [0.29, 0.717) is 32.6 Å². The third-order valence-electron chi connectivity index (χ3n) is 5.77. The van der Waals surface area contributed by atoms with Crippen molar-refractivity contribution >= 4 is 11.8 Å². The van der Waals surface area contributed by atoms with E-state index < -0.39 is 41.3 Å². The molecule has 8 nitrogen and oxygen atoms in total. The van der Waals surface area contributed by atoms with Crippen LogP contribution in [-0.2, 0) is 14.4 Å². The van der Waals surface area contributed by atoms with Crippen LogP contribution in [0.25, 0.3) is 0 Å². The lowest BCUT2D eigenvalue weighted by molar-refractivity contribution is -0.131. The number of carbonyl (C=O) groups excluding carboxylic acids is 2. The van der Waals surface area contributed by atoms with E-state index in [1.54, 1.807) is 6.08 Å². The summed E-state index contributed by atoms with van der Waals surface area (Å²) in [5, 5.41) is 14.0. The van der Waals surface area contributed by atoms with Crippen LogP contribution in [0.2, 0.25) is 0 Å². The molecule has 1 aliphatic carbocycles. The second-order valence-corrected chi connectivity index (χ2v) is 8.65. The molecule has 10 heteroatoms. The van der Waals surface area contributed by atoms with Crippen LogP contribution >= 0.6 is 0 Å². The molecule has 0 bridgehead atoms. The van der Waals surface area contributed by atoms with Gasteiger partial charge >= 0.3 is 0 Å². The Morgan fingerprint density at radius 3 is 2.57 bits per heavy atom. The first-order chi connectivity index (χ1) is 14.1. The zero-order chi connectivity index (χ0) is 22.0. The van der Waals surface area contributed by atoms with Crippen LogP contribution in [0.3, 0.4) is 0 Å². The van der Waals surface area contributed by atoms with Crippen molar-refractivity contribution in [3.63, 3.8) is 0 Å². The van der Waals surface area contributed by atoms with Crippen LogP contribution in [0.1, 0.15) is 52.4 Å². The molecule has 0 unspecified atom stereocenters. The minimum absolute atomic E-state index is 0.109. The summed E-state index contributed by atoms with van der Waals surface area (Å²) in [6, 6.07) is 0.517. The first-order valence-corrected chi connectivity index (χ1v) is 10.4. The fourth-order valence-corrected chi connectivity index (χ4v) is 3.82. The number of hydroxylamine groups is 1. The van der Waals surface area contributed by atoms with E-state index in [4.69, 9.17) is 10.1 Å². The molecular formula is C20H29F2N5O3. The van der Waals surface area contributed by atoms with E-state index in [0.717, 1.165) is 26.1 Å². The normalized spacial score (nSPS) is 23.1. The minimum atomic E-state index is -3.17. The van der Waals surface area contributed by atoms with Crippen molar-refractivity contribution in [3.05, 3.63) is 11.8 Å². The summed E-state index contributed by atoms with van der Waals surface area (Å²) in [4.78, 5) is 33.2. The summed E-state index contributed by atoms with van der Waals surface area (Å²) in [6.45, 7) is 5.49. The number of piperidine rings is 1. The second kappa shape index (κ2) is 8.47. The van der Waals surface area contributed by atoms with Crippen LogP contribution < -0.4 is 16.1 Å². The van der Waals surface area contributed by atoms with Gasteiger partial charge in [-0.15, -0.1) is 0 Å². The van der Waals surface area contributed by atoms with E-state index in [-0.39, 0.29) is 5.70 Å². The summed E-state index contributed by atoms with van der Waals surface area (Å²) in [7, 11) is 0. The highest BCUT2D eigenvalue weighted by Gasteiger charge is 2.47. The summed E-state index contributed by atoms with van der Waals surface area (Å²) >= 11 is 0. The lowest BCUT2D eigenvalue weighted by Crippen LogP contribution is -2.52. The molecule has 3 aliphatic rings. The predicted molar refractivity (Wildman–Crippen MR) is 104 cm³/mol. The number of nitrogens with zero attached hydrogens (tertiary/aromatic N) is 2. The Balaban J connectivity index is 1.64. The quantitative estimate of drug-likeness (QED) is 0.542. The highest BCUT2D eigenvalue weighted by Crippen LogP contribution is 2.35. The Morgan fingerprint density at radius 2 is 2.03 bits per heavy atom. The van der Waals surface area contributed by atoms with Crippen LogP contribution in [0, 0.1) is 11.3 Å². The topological polar surface area (TPSA) is 106 Å². The van der Waals surface area contributed by atoms with Gasteiger partial charge in [-0.3, -0.25) is 19.9 Å². The molecule has 1 atom stereocenters. The van der Waals surface area contributed by atoms with Crippen molar-refractivity contribution in [2.24, 2.45) is 0 Å². The van der Waals surface area contributed by atoms with Gasteiger partial charge in [0.05, 0.1) is 6.07 Å². The molecule has 0 aromatic rings. The summed E-state index contributed by atoms with van der Waals surface area (Å²) < 4.78 is 27.2. The number of carbonyl (C=O) groups is 2. The molecule has 2 aliphatic heterocycles. The zero-order valence-corrected chi connectivity index (χ0v) is 17.4. The number of likely N-dealkylation sites (tertiary alicyclic amines) is 1. The molecule has 30 heavy (non-hydrogen) atoms. The standard InChI is InChI=1S/C20H29F2N5O3/c1-3-8-27-9-6-20(7-10-27)12-15(26-30-20)16(28)24-14(11-18(2,21)22)17(29)25-19(13-23)4-5-19/h12,14,26H,3-11H2,1-2H3,(H,24,28)(H,25,29)/t14-/m0/s1. The molecule has 1 saturated heterocycles. The largest absolute Gasteiger partial charge is 0.339 e. The van der Waals surface area contributed by atoms with Crippen LogP contribution in [0.4, 0.5) is 8.78 Å². The fraction of sp³-hybridized carbons (Fsp3) is 0.750. The Morgan fingerprint density at radius 1 is 1.37 bits per heavy atom. The number of rotatable bonds is 8. The Labute approximate surface area is 174 Å². The number of nitrogens with one attached hydrogen (secondary N) is 3. The van der Waals surface area contributed by atoms with Gasteiger partial charge in [0.15, 0.2) is 0 Å². The van der Waals surface area contributed by atoms with Gasteiger partial charge in [-0.05, 0) is 51.6 Å². The maximum atomic E-state index is 13.6. The van der Waals surface area contributed by atoms with Crippen LogP contribution in [-0.4, -0.2) is 59.5 Å². The number of alkyl halides is 2. The molecule has 0 radical (unpaired) electrons. The first kappa shape index (κ1) is 22.4. The van der Waals surface area contributed by atoms with Gasteiger partial charge in [0.25, 0.3) is 5.91 Å². The van der Waals surface area contributed by atoms with Crippen molar-refractivity contribution < 1.29 is 23.2 Å². The smallest absolute Gasteiger partial charge is 0.270 e. The molecule has 1 saturated carbocycles. The Kier molecular flexibility index (Phi) is 6.34. The highest BCUT2D eigenvalue weighted by molar-refractivity contribution is 5.97. The van der Waals surface area contributed by atoms with Crippen molar-refractivity contribution in [1.82, 2.24) is 21.0 Å². The van der Waals surface area contributed by atoms with Gasteiger partial charge in [0, 0.05) is 19.5 Å². The van der Waals surface area contributed by atoms with Gasteiger partial charge < -0.3 is 15.5 Å². The zero-order valence-electron chi connectivity index (χ0n) is 17.4. The van der Waals surface area contributed by atoms with E-state index in [2.05, 4.69) is 27.9 Å². The van der Waals surface area contributed by atoms with Crippen molar-refractivity contribution in [2.45, 2.75) is 75.5 Å². The van der Waals surface area contributed by atoms with Gasteiger partial charge in [0.2, 0.25) is 11.8 Å². The molecule has 3 rings (SSSR count). The van der Waals surface area contributed by atoms with Gasteiger partial charge in [-0.25, -0.2) is 8.78 Å². The minimum Gasteiger partial charge on any atom is -0.339 e. The van der Waals surface area contributed by atoms with E-state index in [1.165, 1.54) is 0 Å². The van der Waals surface area contributed by atoms with E-state index >= 15 is 0 Å². The summed E-state index contributed by atoms with van der Waals surface area (Å²) in [5.41, 5.74) is 1.10. The number of halogens is 2. The lowest BCUT2D eigenvalue weighted by atomic mass is 9.90. The van der Waals surface area contributed by atoms with Gasteiger partial charge in [-0.2, -0.15) is 5.26 Å². The summed E-state index contributed by atoms with van der Waals surface area (Å²) in [5.74, 6) is -4.64. The van der Waals surface area contributed by atoms with Crippen LogP contribution in [0.15, 0.2) is 11.8 Å². The number of nitriles is 1. The number of hydrogen-bond acceptors (Lipinski definition) is 6.